The predicted octanol–water partition coefficient (Wildman–Crippen LogP) is 7.72. The van der Waals surface area contributed by atoms with Gasteiger partial charge in [0.2, 0.25) is 0 Å². The summed E-state index contributed by atoms with van der Waals surface area (Å²) in [4.78, 5) is 26.0. The van der Waals surface area contributed by atoms with Gasteiger partial charge in [0, 0.05) is 31.8 Å². The lowest BCUT2D eigenvalue weighted by Crippen LogP contribution is -2.64. The van der Waals surface area contributed by atoms with Crippen LogP contribution in [0.5, 0.6) is 0 Å². The summed E-state index contributed by atoms with van der Waals surface area (Å²) in [5.41, 5.74) is -0.137. The minimum absolute atomic E-state index is 0.136. The molecule has 5 rings (SSSR count). The third kappa shape index (κ3) is 8.56. The number of hydrogen-bond donors (Lipinski definition) is 1. The lowest BCUT2D eigenvalue weighted by molar-refractivity contribution is -0.400. The van der Waals surface area contributed by atoms with Gasteiger partial charge >= 0.3 is 11.9 Å². The van der Waals surface area contributed by atoms with E-state index < -0.39 is 48.8 Å². The van der Waals surface area contributed by atoms with Crippen LogP contribution in [-0.4, -0.2) is 73.2 Å². The molecule has 3 fully saturated rings. The lowest BCUT2D eigenvalue weighted by atomic mass is 9.83. The van der Waals surface area contributed by atoms with Crippen molar-refractivity contribution in [3.63, 3.8) is 0 Å². The minimum atomic E-state index is -2.09. The van der Waals surface area contributed by atoms with Crippen molar-refractivity contribution in [1.29, 1.82) is 0 Å². The van der Waals surface area contributed by atoms with E-state index in [2.05, 4.69) is 27.7 Å². The quantitative estimate of drug-likeness (QED) is 0.184. The topological polar surface area (TPSA) is 119 Å². The summed E-state index contributed by atoms with van der Waals surface area (Å²) in [5, 5.41) is 11.8. The van der Waals surface area contributed by atoms with E-state index in [1.54, 1.807) is 18.2 Å². The average molecular weight is 717 g/mol. The van der Waals surface area contributed by atoms with E-state index in [1.165, 1.54) is 0 Å². The SMILES string of the molecule is CC[Si](CC)(CC)O[C@]1(C)CC[C@H]2CCOCc3cccc(c3)C(=O)OC/C=C/CCC(C)(C)OC(=O)CC3(O)O[C@]4(CC[C@]1(O2)O4)C[C@H]3C. The second-order valence-corrected chi connectivity index (χ2v) is 20.4. The number of rotatable bonds is 5. The van der Waals surface area contributed by atoms with Crippen LogP contribution < -0.4 is 0 Å². The second kappa shape index (κ2) is 15.5. The van der Waals surface area contributed by atoms with Gasteiger partial charge in [-0.25, -0.2) is 4.79 Å². The van der Waals surface area contributed by atoms with Crippen LogP contribution >= 0.6 is 0 Å². The number of cyclic esters (lactones) is 2. The monoisotopic (exact) mass is 716 g/mol. The number of allylic oxidation sites excluding steroid dienone is 1. The van der Waals surface area contributed by atoms with Crippen molar-refractivity contribution in [3.8, 4) is 0 Å². The molecule has 1 aromatic rings. The van der Waals surface area contributed by atoms with Crippen LogP contribution in [0, 0.1) is 5.92 Å². The maximum atomic E-state index is 13.3. The van der Waals surface area contributed by atoms with Crippen molar-refractivity contribution in [2.75, 3.05) is 13.2 Å². The molecule has 0 radical (unpaired) electrons. The van der Waals surface area contributed by atoms with Gasteiger partial charge in [-0.3, -0.25) is 4.79 Å². The first-order valence-electron chi connectivity index (χ1n) is 18.8. The summed E-state index contributed by atoms with van der Waals surface area (Å²) in [6.45, 7) is 15.4. The Bertz CT molecular complexity index is 1370. The van der Waals surface area contributed by atoms with Gasteiger partial charge in [-0.15, -0.1) is 0 Å². The van der Waals surface area contributed by atoms with Crippen molar-refractivity contribution in [1.82, 2.24) is 0 Å². The molecule has 1 N–H and O–H groups in total. The lowest BCUT2D eigenvalue weighted by Gasteiger charge is -2.54. The van der Waals surface area contributed by atoms with Crippen molar-refractivity contribution in [2.45, 2.75) is 166 Å². The Labute approximate surface area is 299 Å². The summed E-state index contributed by atoms with van der Waals surface area (Å²) >= 11 is 0. The molecule has 6 atom stereocenters. The number of fused-ring (bicyclic) bond motifs is 4. The van der Waals surface area contributed by atoms with Gasteiger partial charge < -0.3 is 38.0 Å². The molecule has 280 valence electrons. The number of benzene rings is 1. The zero-order valence-corrected chi connectivity index (χ0v) is 32.3. The maximum absolute atomic E-state index is 13.3. The summed E-state index contributed by atoms with van der Waals surface area (Å²) in [5.74, 6) is -5.28. The van der Waals surface area contributed by atoms with Gasteiger partial charge in [-0.05, 0) is 88.7 Å². The largest absolute Gasteiger partial charge is 0.459 e. The molecule has 3 saturated heterocycles. The molecule has 2 spiro atoms. The van der Waals surface area contributed by atoms with Crippen LogP contribution in [0.3, 0.4) is 0 Å². The van der Waals surface area contributed by atoms with E-state index in [9.17, 15) is 14.7 Å². The average Bonchev–Trinajstić information content (AvgIpc) is 3.54. The predicted molar refractivity (Wildman–Crippen MR) is 191 cm³/mol. The van der Waals surface area contributed by atoms with Crippen LogP contribution in [-0.2, 0) is 44.2 Å². The molecule has 11 heteroatoms. The zero-order chi connectivity index (χ0) is 36.3. The maximum Gasteiger partial charge on any atom is 0.338 e. The zero-order valence-electron chi connectivity index (χ0n) is 31.3. The molecule has 0 aliphatic carbocycles. The first kappa shape index (κ1) is 39.1. The number of esters is 2. The number of carbonyl (C=O) groups excluding carboxylic acids is 2. The number of carbonyl (C=O) groups is 2. The van der Waals surface area contributed by atoms with E-state index in [-0.39, 0.29) is 25.0 Å². The first-order valence-corrected chi connectivity index (χ1v) is 21.4. The van der Waals surface area contributed by atoms with Crippen LogP contribution in [0.4, 0.5) is 0 Å². The molecule has 10 nitrogen and oxygen atoms in total. The molecule has 6 bridgehead atoms. The fraction of sp³-hybridized carbons (Fsp3) is 0.744. The third-order valence-electron chi connectivity index (χ3n) is 11.6. The third-order valence-corrected chi connectivity index (χ3v) is 16.4. The Kier molecular flexibility index (Phi) is 12.1. The van der Waals surface area contributed by atoms with Crippen LogP contribution in [0.25, 0.3) is 0 Å². The fourth-order valence-corrected chi connectivity index (χ4v) is 11.4. The molecule has 1 aromatic carbocycles. The van der Waals surface area contributed by atoms with Gasteiger partial charge in [-0.1, -0.05) is 52.0 Å². The molecule has 4 heterocycles. The standard InChI is InChI=1S/C39H60O10Si/c1-8-50(9-2,10-3)49-36(7)20-17-32-18-24-43-28-30-15-14-16-31(25-30)34(41)44-23-13-11-12-19-35(5,6)46-33(40)27-38(42)29(4)26-37(47-38)21-22-39(36,45-32)48-37/h11,13-16,25,29,32,42H,8-10,12,17-24,26-28H2,1-7H3/b13-11+/t29-,32+,36-,37+,38?,39+/m1/s1. The molecule has 0 saturated carbocycles. The number of ether oxygens (including phenoxy) is 6. The Morgan fingerprint density at radius 3 is 2.46 bits per heavy atom. The van der Waals surface area contributed by atoms with Crippen molar-refractivity contribution in [3.05, 3.63) is 47.5 Å². The van der Waals surface area contributed by atoms with Crippen LogP contribution in [0.15, 0.2) is 36.4 Å². The molecule has 4 aliphatic heterocycles. The molecular formula is C39H60O10Si. The number of hydrogen-bond acceptors (Lipinski definition) is 10. The van der Waals surface area contributed by atoms with Crippen molar-refractivity contribution >= 4 is 20.3 Å². The summed E-state index contributed by atoms with van der Waals surface area (Å²) in [6.07, 6.45) is 8.07. The van der Waals surface area contributed by atoms with E-state index in [1.807, 2.05) is 39.0 Å². The van der Waals surface area contributed by atoms with Crippen LogP contribution in [0.2, 0.25) is 18.1 Å². The molecule has 1 unspecified atom stereocenters. The van der Waals surface area contributed by atoms with E-state index >= 15 is 0 Å². The number of aliphatic hydroxyl groups is 1. The van der Waals surface area contributed by atoms with Gasteiger partial charge in [0.15, 0.2) is 25.7 Å². The van der Waals surface area contributed by atoms with E-state index in [0.717, 1.165) is 36.5 Å². The van der Waals surface area contributed by atoms with Crippen molar-refractivity contribution < 1.29 is 47.5 Å². The first-order chi connectivity index (χ1) is 23.6. The molecule has 0 amide bonds. The van der Waals surface area contributed by atoms with Gasteiger partial charge in [0.05, 0.1) is 24.7 Å². The van der Waals surface area contributed by atoms with Gasteiger partial charge in [0.25, 0.3) is 0 Å². The Hall–Kier alpha value is -2.12. The Balaban J connectivity index is 1.41. The van der Waals surface area contributed by atoms with Gasteiger partial charge in [-0.2, -0.15) is 0 Å². The minimum Gasteiger partial charge on any atom is -0.459 e. The Morgan fingerprint density at radius 1 is 0.960 bits per heavy atom. The highest BCUT2D eigenvalue weighted by molar-refractivity contribution is 6.73. The van der Waals surface area contributed by atoms with Crippen LogP contribution in [0.1, 0.15) is 122 Å². The molecular weight excluding hydrogens is 657 g/mol. The van der Waals surface area contributed by atoms with Gasteiger partial charge in [0.1, 0.15) is 17.8 Å². The highest BCUT2D eigenvalue weighted by atomic mass is 28.4. The summed E-state index contributed by atoms with van der Waals surface area (Å²) in [6, 6.07) is 10.3. The fourth-order valence-electron chi connectivity index (χ4n) is 8.20. The molecule has 50 heavy (non-hydrogen) atoms. The second-order valence-electron chi connectivity index (χ2n) is 15.7. The normalized spacial score (nSPS) is 36.5. The highest BCUT2D eigenvalue weighted by Gasteiger charge is 2.68. The molecule has 4 aliphatic rings. The smallest absolute Gasteiger partial charge is 0.338 e. The van der Waals surface area contributed by atoms with E-state index in [4.69, 9.17) is 32.8 Å². The highest BCUT2D eigenvalue weighted by Crippen LogP contribution is 2.59. The summed E-state index contributed by atoms with van der Waals surface area (Å²) in [7, 11) is -2.09. The van der Waals surface area contributed by atoms with E-state index in [0.29, 0.717) is 57.3 Å². The summed E-state index contributed by atoms with van der Waals surface area (Å²) < 4.78 is 45.2. The van der Waals surface area contributed by atoms with Crippen molar-refractivity contribution in [2.24, 2.45) is 5.92 Å². The molecule has 0 aromatic heterocycles. The Morgan fingerprint density at radius 2 is 1.72 bits per heavy atom.